The maximum absolute atomic E-state index is 14.4. The highest BCUT2D eigenvalue weighted by atomic mass is 35.5. The summed E-state index contributed by atoms with van der Waals surface area (Å²) in [6.45, 7) is 1.20. The van der Waals surface area contributed by atoms with Crippen molar-refractivity contribution in [2.45, 2.75) is 30.8 Å². The van der Waals surface area contributed by atoms with E-state index in [-0.39, 0.29) is 43.6 Å². The molecule has 0 aliphatic heterocycles. The highest BCUT2D eigenvalue weighted by Crippen LogP contribution is 2.36. The molecule has 4 rings (SSSR count). The van der Waals surface area contributed by atoms with Crippen LogP contribution in [0, 0.1) is 0 Å². The molecule has 1 N–H and O–H groups in total. The average molecular weight is 693 g/mol. The van der Waals surface area contributed by atoms with Crippen molar-refractivity contribution in [1.82, 2.24) is 10.2 Å². The first-order chi connectivity index (χ1) is 21.0. The largest absolute Gasteiger partial charge is 0.355 e. The van der Waals surface area contributed by atoms with Crippen LogP contribution < -0.4 is 9.62 Å². The van der Waals surface area contributed by atoms with Crippen LogP contribution >= 0.6 is 46.4 Å². The van der Waals surface area contributed by atoms with Gasteiger partial charge in [-0.3, -0.25) is 13.9 Å². The lowest BCUT2D eigenvalue weighted by Gasteiger charge is -2.34. The molecule has 230 valence electrons. The molecular weight excluding hydrogens is 664 g/mol. The van der Waals surface area contributed by atoms with E-state index in [0.29, 0.717) is 12.1 Å². The first kappa shape index (κ1) is 33.6. The van der Waals surface area contributed by atoms with E-state index in [1.165, 1.54) is 35.2 Å². The van der Waals surface area contributed by atoms with Crippen LogP contribution in [0.2, 0.25) is 20.1 Å². The summed E-state index contributed by atoms with van der Waals surface area (Å²) in [6, 6.07) is 25.2. The lowest BCUT2D eigenvalue weighted by atomic mass is 10.0. The Bertz CT molecular complexity index is 1700. The Kier molecular flexibility index (Phi) is 11.6. The zero-order valence-electron chi connectivity index (χ0n) is 23.6. The van der Waals surface area contributed by atoms with E-state index in [2.05, 4.69) is 5.32 Å². The van der Waals surface area contributed by atoms with E-state index < -0.39 is 34.4 Å². The first-order valence-electron chi connectivity index (χ1n) is 13.6. The Hall–Kier alpha value is -3.27. The summed E-state index contributed by atoms with van der Waals surface area (Å²) >= 11 is 25.8. The summed E-state index contributed by atoms with van der Waals surface area (Å²) in [6.07, 6.45) is 0.143. The highest BCUT2D eigenvalue weighted by molar-refractivity contribution is 7.92. The fraction of sp³-hybridized carbons (Fsp3) is 0.188. The number of amides is 2. The van der Waals surface area contributed by atoms with Crippen molar-refractivity contribution in [3.63, 3.8) is 0 Å². The Labute approximate surface area is 277 Å². The summed E-state index contributed by atoms with van der Waals surface area (Å²) in [7, 11) is -4.34. The Morgan fingerprint density at radius 1 is 0.773 bits per heavy atom. The molecule has 0 aliphatic rings. The van der Waals surface area contributed by atoms with Gasteiger partial charge in [0.1, 0.15) is 12.6 Å². The van der Waals surface area contributed by atoms with E-state index in [1.54, 1.807) is 43.3 Å². The van der Waals surface area contributed by atoms with Crippen LogP contribution in [0.1, 0.15) is 18.1 Å². The molecule has 4 aromatic rings. The highest BCUT2D eigenvalue weighted by Gasteiger charge is 2.35. The monoisotopic (exact) mass is 691 g/mol. The van der Waals surface area contributed by atoms with Gasteiger partial charge in [-0.1, -0.05) is 107 Å². The summed E-state index contributed by atoms with van der Waals surface area (Å²) in [4.78, 5) is 29.3. The van der Waals surface area contributed by atoms with Crippen LogP contribution in [0.15, 0.2) is 102 Å². The molecule has 0 radical (unpaired) electrons. The zero-order chi connectivity index (χ0) is 31.9. The van der Waals surface area contributed by atoms with Crippen LogP contribution in [0.25, 0.3) is 0 Å². The van der Waals surface area contributed by atoms with Gasteiger partial charge in [0.05, 0.1) is 20.6 Å². The molecule has 12 heteroatoms. The van der Waals surface area contributed by atoms with Crippen molar-refractivity contribution in [2.75, 3.05) is 17.4 Å². The van der Waals surface area contributed by atoms with Crippen molar-refractivity contribution in [2.24, 2.45) is 0 Å². The Morgan fingerprint density at radius 2 is 1.34 bits per heavy atom. The summed E-state index contributed by atoms with van der Waals surface area (Å²) in [5.74, 6) is -1.12. The second kappa shape index (κ2) is 15.1. The molecule has 0 aromatic heterocycles. The molecule has 44 heavy (non-hydrogen) atoms. The molecule has 4 aromatic carbocycles. The van der Waals surface area contributed by atoms with Crippen LogP contribution in [0.5, 0.6) is 0 Å². The number of halogens is 4. The average Bonchev–Trinajstić information content (AvgIpc) is 3.01. The molecule has 0 saturated heterocycles. The van der Waals surface area contributed by atoms with Gasteiger partial charge in [0.25, 0.3) is 10.0 Å². The molecule has 0 aliphatic carbocycles. The van der Waals surface area contributed by atoms with E-state index in [4.69, 9.17) is 46.4 Å². The standard InChI is InChI=1S/C32H29Cl4N3O4S/c1-2-37-32(41)29(19-22-11-5-3-6-12-22)38(20-24-25(33)15-9-16-26(24)34)30(40)21-39(28-18-10-17-27(35)31(28)36)44(42,43)23-13-7-4-8-14-23/h3-18,29H,2,19-21H2,1H3,(H,37,41)/t29-/m0/s1. The minimum atomic E-state index is -4.34. The fourth-order valence-electron chi connectivity index (χ4n) is 4.62. The number of benzene rings is 4. The maximum atomic E-state index is 14.4. The predicted octanol–water partition coefficient (Wildman–Crippen LogP) is 7.27. The third kappa shape index (κ3) is 7.86. The SMILES string of the molecule is CCNC(=O)[C@H](Cc1ccccc1)N(Cc1c(Cl)cccc1Cl)C(=O)CN(c1cccc(Cl)c1Cl)S(=O)(=O)c1ccccc1. The van der Waals surface area contributed by atoms with Gasteiger partial charge in [0, 0.05) is 35.1 Å². The van der Waals surface area contributed by atoms with E-state index in [9.17, 15) is 18.0 Å². The fourth-order valence-corrected chi connectivity index (χ4v) is 7.03. The molecule has 7 nitrogen and oxygen atoms in total. The number of nitrogens with zero attached hydrogens (tertiary/aromatic N) is 2. The third-order valence-electron chi connectivity index (χ3n) is 6.82. The van der Waals surface area contributed by atoms with Gasteiger partial charge in [-0.25, -0.2) is 8.42 Å². The number of nitrogens with one attached hydrogen (secondary N) is 1. The number of likely N-dealkylation sites (N-methyl/N-ethyl adjacent to an activating group) is 1. The van der Waals surface area contributed by atoms with Crippen LogP contribution in [-0.4, -0.2) is 44.3 Å². The number of rotatable bonds is 12. The van der Waals surface area contributed by atoms with Gasteiger partial charge < -0.3 is 10.2 Å². The van der Waals surface area contributed by atoms with Crippen molar-refractivity contribution in [1.29, 1.82) is 0 Å². The molecule has 1 atom stereocenters. The molecule has 0 fully saturated rings. The second-order valence-corrected chi connectivity index (χ2v) is 13.2. The van der Waals surface area contributed by atoms with Crippen molar-refractivity contribution in [3.05, 3.63) is 128 Å². The van der Waals surface area contributed by atoms with Crippen molar-refractivity contribution in [3.8, 4) is 0 Å². The van der Waals surface area contributed by atoms with Crippen LogP contribution in [-0.2, 0) is 32.6 Å². The van der Waals surface area contributed by atoms with Gasteiger partial charge in [0.15, 0.2) is 0 Å². The normalized spacial score (nSPS) is 11.9. The van der Waals surface area contributed by atoms with E-state index in [1.807, 2.05) is 30.3 Å². The lowest BCUT2D eigenvalue weighted by molar-refractivity contribution is -0.140. The first-order valence-corrected chi connectivity index (χ1v) is 16.6. The quantitative estimate of drug-likeness (QED) is 0.169. The lowest BCUT2D eigenvalue weighted by Crippen LogP contribution is -2.53. The minimum absolute atomic E-state index is 0.00437. The molecule has 0 spiro atoms. The smallest absolute Gasteiger partial charge is 0.264 e. The summed E-state index contributed by atoms with van der Waals surface area (Å²) in [5, 5.41) is 3.44. The molecule has 0 heterocycles. The zero-order valence-corrected chi connectivity index (χ0v) is 27.4. The number of carbonyl (C=O) groups is 2. The Morgan fingerprint density at radius 3 is 1.95 bits per heavy atom. The second-order valence-electron chi connectivity index (χ2n) is 9.72. The molecular formula is C32H29Cl4N3O4S. The number of carbonyl (C=O) groups excluding carboxylic acids is 2. The summed E-state index contributed by atoms with van der Waals surface area (Å²) in [5.41, 5.74) is 1.20. The topological polar surface area (TPSA) is 86.8 Å². The third-order valence-corrected chi connectivity index (χ3v) is 10.1. The number of anilines is 1. The molecule has 0 saturated carbocycles. The molecule has 0 bridgehead atoms. The summed E-state index contributed by atoms with van der Waals surface area (Å²) < 4.78 is 29.0. The van der Waals surface area contributed by atoms with Gasteiger partial charge in [-0.2, -0.15) is 0 Å². The predicted molar refractivity (Wildman–Crippen MR) is 177 cm³/mol. The minimum Gasteiger partial charge on any atom is -0.355 e. The molecule has 0 unspecified atom stereocenters. The van der Waals surface area contributed by atoms with Crippen molar-refractivity contribution < 1.29 is 18.0 Å². The van der Waals surface area contributed by atoms with Gasteiger partial charge in [-0.15, -0.1) is 0 Å². The van der Waals surface area contributed by atoms with Gasteiger partial charge in [-0.05, 0) is 48.9 Å². The number of sulfonamides is 1. The van der Waals surface area contributed by atoms with Crippen molar-refractivity contribution >= 4 is 73.9 Å². The maximum Gasteiger partial charge on any atom is 0.264 e. The van der Waals surface area contributed by atoms with E-state index >= 15 is 0 Å². The number of hydrogen-bond acceptors (Lipinski definition) is 4. The van der Waals surface area contributed by atoms with Crippen LogP contribution in [0.4, 0.5) is 5.69 Å². The number of hydrogen-bond donors (Lipinski definition) is 1. The van der Waals surface area contributed by atoms with E-state index in [0.717, 1.165) is 9.87 Å². The van der Waals surface area contributed by atoms with Gasteiger partial charge >= 0.3 is 0 Å². The Balaban J connectivity index is 1.85. The van der Waals surface area contributed by atoms with Gasteiger partial charge in [0.2, 0.25) is 11.8 Å². The molecule has 2 amide bonds. The van der Waals surface area contributed by atoms with Crippen LogP contribution in [0.3, 0.4) is 0 Å².